The molecule has 0 aliphatic heterocycles. The number of hydrogen-bond acceptors (Lipinski definition) is 1. The molecule has 0 bridgehead atoms. The summed E-state index contributed by atoms with van der Waals surface area (Å²) in [5.74, 6) is 3.62. The van der Waals surface area contributed by atoms with Crippen LogP contribution in [0.2, 0.25) is 0 Å². The second kappa shape index (κ2) is 4.77. The van der Waals surface area contributed by atoms with Crippen LogP contribution in [0.1, 0.15) is 43.1 Å². The molecule has 0 radical (unpaired) electrons. The molecular weight excluding hydrogens is 268 g/mol. The molecule has 20 heavy (non-hydrogen) atoms. The second-order valence-corrected chi connectivity index (χ2v) is 6.87. The van der Waals surface area contributed by atoms with Gasteiger partial charge in [-0.05, 0) is 62.1 Å². The van der Waals surface area contributed by atoms with Crippen LogP contribution in [0.15, 0.2) is 18.2 Å². The minimum absolute atomic E-state index is 0.657. The first kappa shape index (κ1) is 12.7. The summed E-state index contributed by atoms with van der Waals surface area (Å²) < 4.78 is 2.55. The molecule has 0 atom stereocenters. The summed E-state index contributed by atoms with van der Waals surface area (Å²) in [7, 11) is 0. The molecule has 2 aromatic rings. The lowest BCUT2D eigenvalue weighted by molar-refractivity contribution is 0.393. The van der Waals surface area contributed by atoms with E-state index in [1.165, 1.54) is 42.6 Å². The van der Waals surface area contributed by atoms with E-state index in [2.05, 4.69) is 29.7 Å². The van der Waals surface area contributed by atoms with Gasteiger partial charge < -0.3 is 4.57 Å². The highest BCUT2D eigenvalue weighted by atomic mass is 35.5. The van der Waals surface area contributed by atoms with Crippen LogP contribution in [0.4, 0.5) is 0 Å². The van der Waals surface area contributed by atoms with Gasteiger partial charge in [0.25, 0.3) is 0 Å². The van der Waals surface area contributed by atoms with Crippen molar-refractivity contribution in [3.8, 4) is 0 Å². The molecule has 2 aliphatic rings. The fourth-order valence-corrected chi connectivity index (χ4v) is 3.70. The van der Waals surface area contributed by atoms with Gasteiger partial charge in [-0.25, -0.2) is 4.98 Å². The van der Waals surface area contributed by atoms with Gasteiger partial charge in [0.2, 0.25) is 0 Å². The zero-order valence-corrected chi connectivity index (χ0v) is 12.7. The van der Waals surface area contributed by atoms with E-state index in [1.54, 1.807) is 0 Å². The molecule has 106 valence electrons. The Morgan fingerprint density at radius 3 is 2.55 bits per heavy atom. The molecule has 1 aromatic carbocycles. The van der Waals surface area contributed by atoms with Crippen molar-refractivity contribution in [1.82, 2.24) is 9.55 Å². The van der Waals surface area contributed by atoms with Crippen molar-refractivity contribution in [3.63, 3.8) is 0 Å². The standard InChI is InChI=1S/C17H21ClN2/c1-11-2-7-15-14(10-11)19-16(8-9-18)20(15)17(12-3-4-12)13-5-6-13/h2,7,10,12-13,17H,3-6,8-9H2,1H3. The van der Waals surface area contributed by atoms with Crippen LogP contribution in [0, 0.1) is 18.8 Å². The lowest BCUT2D eigenvalue weighted by atomic mass is 10.1. The summed E-state index contributed by atoms with van der Waals surface area (Å²) in [6.45, 7) is 2.14. The highest BCUT2D eigenvalue weighted by Crippen LogP contribution is 2.53. The van der Waals surface area contributed by atoms with Gasteiger partial charge in [0.1, 0.15) is 5.82 Å². The first-order valence-corrected chi connectivity index (χ1v) is 8.35. The van der Waals surface area contributed by atoms with Crippen LogP contribution in [0.5, 0.6) is 0 Å². The molecule has 2 fully saturated rings. The molecule has 0 amide bonds. The Bertz CT molecular complexity index is 626. The van der Waals surface area contributed by atoms with E-state index in [1.807, 2.05) is 0 Å². The highest BCUT2D eigenvalue weighted by molar-refractivity contribution is 6.17. The maximum atomic E-state index is 6.01. The summed E-state index contributed by atoms with van der Waals surface area (Å²) >= 11 is 6.01. The molecule has 1 heterocycles. The third-order valence-electron chi connectivity index (χ3n) is 4.74. The summed E-state index contributed by atoms with van der Waals surface area (Å²) in [5.41, 5.74) is 3.75. The Morgan fingerprint density at radius 2 is 1.95 bits per heavy atom. The van der Waals surface area contributed by atoms with E-state index in [-0.39, 0.29) is 0 Å². The van der Waals surface area contributed by atoms with Gasteiger partial charge in [0.15, 0.2) is 0 Å². The average Bonchev–Trinajstić information content (AvgIpc) is 3.31. The molecule has 0 N–H and O–H groups in total. The van der Waals surface area contributed by atoms with Crippen molar-refractivity contribution in [2.75, 3.05) is 5.88 Å². The van der Waals surface area contributed by atoms with E-state index >= 15 is 0 Å². The SMILES string of the molecule is Cc1ccc2c(c1)nc(CCCl)n2C(C1CC1)C1CC1. The van der Waals surface area contributed by atoms with Gasteiger partial charge in [-0.2, -0.15) is 0 Å². The number of rotatable bonds is 5. The third-order valence-corrected chi connectivity index (χ3v) is 4.93. The largest absolute Gasteiger partial charge is 0.324 e. The Kier molecular flexibility index (Phi) is 3.03. The van der Waals surface area contributed by atoms with Crippen molar-refractivity contribution in [3.05, 3.63) is 29.6 Å². The van der Waals surface area contributed by atoms with Gasteiger partial charge >= 0.3 is 0 Å². The van der Waals surface area contributed by atoms with Gasteiger partial charge in [0.05, 0.1) is 11.0 Å². The van der Waals surface area contributed by atoms with Crippen molar-refractivity contribution < 1.29 is 0 Å². The number of aromatic nitrogens is 2. The summed E-state index contributed by atoms with van der Waals surface area (Å²) in [6, 6.07) is 7.36. The maximum absolute atomic E-state index is 6.01. The van der Waals surface area contributed by atoms with Crippen LogP contribution in [-0.4, -0.2) is 15.4 Å². The molecule has 2 aliphatic carbocycles. The molecule has 3 heteroatoms. The van der Waals surface area contributed by atoms with Crippen molar-refractivity contribution in [1.29, 1.82) is 0 Å². The second-order valence-electron chi connectivity index (χ2n) is 6.49. The smallest absolute Gasteiger partial charge is 0.111 e. The fourth-order valence-electron chi connectivity index (χ4n) is 3.53. The minimum Gasteiger partial charge on any atom is -0.324 e. The van der Waals surface area contributed by atoms with Crippen LogP contribution in [0.3, 0.4) is 0 Å². The van der Waals surface area contributed by atoms with Crippen LogP contribution in [0.25, 0.3) is 11.0 Å². The number of hydrogen-bond donors (Lipinski definition) is 0. The van der Waals surface area contributed by atoms with Crippen LogP contribution < -0.4 is 0 Å². The van der Waals surface area contributed by atoms with Crippen molar-refractivity contribution in [2.45, 2.75) is 45.1 Å². The van der Waals surface area contributed by atoms with Crippen LogP contribution >= 0.6 is 11.6 Å². The topological polar surface area (TPSA) is 17.8 Å². The Morgan fingerprint density at radius 1 is 1.25 bits per heavy atom. The van der Waals surface area contributed by atoms with E-state index < -0.39 is 0 Å². The maximum Gasteiger partial charge on any atom is 0.111 e. The monoisotopic (exact) mass is 288 g/mol. The first-order valence-electron chi connectivity index (χ1n) is 7.81. The summed E-state index contributed by atoms with van der Waals surface area (Å²) in [6.07, 6.45) is 6.46. The number of nitrogens with zero attached hydrogens (tertiary/aromatic N) is 2. The predicted molar refractivity (Wildman–Crippen MR) is 83.4 cm³/mol. The number of halogens is 1. The lowest BCUT2D eigenvalue weighted by Gasteiger charge is -2.21. The van der Waals surface area contributed by atoms with Crippen molar-refractivity contribution >= 4 is 22.6 Å². The van der Waals surface area contributed by atoms with Gasteiger partial charge in [-0.15, -0.1) is 11.6 Å². The Balaban J connectivity index is 1.87. The number of aryl methyl sites for hydroxylation is 2. The van der Waals surface area contributed by atoms with E-state index in [4.69, 9.17) is 16.6 Å². The average molecular weight is 289 g/mol. The molecule has 0 saturated heterocycles. The van der Waals surface area contributed by atoms with Crippen molar-refractivity contribution in [2.24, 2.45) is 11.8 Å². The van der Waals surface area contributed by atoms with Gasteiger partial charge in [0, 0.05) is 18.3 Å². The van der Waals surface area contributed by atoms with E-state index in [0.717, 1.165) is 23.8 Å². The van der Waals surface area contributed by atoms with Crippen LogP contribution in [-0.2, 0) is 6.42 Å². The Hall–Kier alpha value is -1.02. The quantitative estimate of drug-likeness (QED) is 0.741. The fraction of sp³-hybridized carbons (Fsp3) is 0.588. The molecule has 2 saturated carbocycles. The van der Waals surface area contributed by atoms with E-state index in [0.29, 0.717) is 11.9 Å². The first-order chi connectivity index (χ1) is 9.78. The zero-order valence-electron chi connectivity index (χ0n) is 12.0. The number of alkyl halides is 1. The van der Waals surface area contributed by atoms with Gasteiger partial charge in [-0.1, -0.05) is 6.07 Å². The molecule has 0 spiro atoms. The number of imidazole rings is 1. The molecular formula is C17H21ClN2. The molecule has 2 nitrogen and oxygen atoms in total. The Labute approximate surface area is 125 Å². The number of fused-ring (bicyclic) bond motifs is 1. The minimum atomic E-state index is 0.657. The third kappa shape index (κ3) is 2.14. The lowest BCUT2D eigenvalue weighted by Crippen LogP contribution is -2.16. The predicted octanol–water partition coefficient (Wildman–Crippen LogP) is 4.49. The zero-order chi connectivity index (χ0) is 13.7. The molecule has 1 aromatic heterocycles. The highest BCUT2D eigenvalue weighted by Gasteiger charge is 2.43. The number of benzene rings is 1. The molecule has 0 unspecified atom stereocenters. The summed E-state index contributed by atoms with van der Waals surface area (Å²) in [4.78, 5) is 4.88. The van der Waals surface area contributed by atoms with Gasteiger partial charge in [-0.3, -0.25) is 0 Å². The van der Waals surface area contributed by atoms with E-state index in [9.17, 15) is 0 Å². The molecule has 4 rings (SSSR count). The summed E-state index contributed by atoms with van der Waals surface area (Å²) in [5, 5.41) is 0. The normalized spacial score (nSPS) is 19.1.